The van der Waals surface area contributed by atoms with Crippen molar-refractivity contribution in [3.8, 4) is 0 Å². The summed E-state index contributed by atoms with van der Waals surface area (Å²) in [6.45, 7) is 4.98. The van der Waals surface area contributed by atoms with Gasteiger partial charge < -0.3 is 10.3 Å². The van der Waals surface area contributed by atoms with Gasteiger partial charge >= 0.3 is 0 Å². The van der Waals surface area contributed by atoms with E-state index in [1.54, 1.807) is 0 Å². The van der Waals surface area contributed by atoms with Gasteiger partial charge in [0.05, 0.1) is 5.69 Å². The molecule has 19 heavy (non-hydrogen) atoms. The third kappa shape index (κ3) is 3.26. The molecule has 0 heterocycles. The Labute approximate surface area is 114 Å². The largest absolute Gasteiger partial charge is 0.336 e. The Morgan fingerprint density at radius 3 is 2.74 bits per heavy atom. The average Bonchev–Trinajstić information content (AvgIpc) is 3.23. The molecule has 4 nitrogen and oxygen atoms in total. The Bertz CT molecular complexity index is 455. The average molecular weight is 261 g/mol. The monoisotopic (exact) mass is 261 g/mol. The van der Waals surface area contributed by atoms with Gasteiger partial charge in [0.2, 0.25) is 0 Å². The van der Waals surface area contributed by atoms with Crippen molar-refractivity contribution < 1.29 is 4.79 Å². The van der Waals surface area contributed by atoms with Crippen LogP contribution in [0, 0.1) is 6.92 Å². The van der Waals surface area contributed by atoms with Crippen molar-refractivity contribution in [1.29, 1.82) is 0 Å². The maximum absolute atomic E-state index is 12.6. The summed E-state index contributed by atoms with van der Waals surface area (Å²) in [5.74, 6) is 5.57. The van der Waals surface area contributed by atoms with Crippen LogP contribution in [0.5, 0.6) is 0 Å². The van der Waals surface area contributed by atoms with Gasteiger partial charge in [0.1, 0.15) is 0 Å². The molecular formula is C15H23N3O. The van der Waals surface area contributed by atoms with Crippen molar-refractivity contribution in [2.24, 2.45) is 5.84 Å². The first kappa shape index (κ1) is 13.9. The third-order valence-corrected chi connectivity index (χ3v) is 3.63. The lowest BCUT2D eigenvalue weighted by Crippen LogP contribution is -2.34. The molecule has 1 aliphatic carbocycles. The van der Waals surface area contributed by atoms with Crippen molar-refractivity contribution >= 4 is 11.6 Å². The smallest absolute Gasteiger partial charge is 0.254 e. The molecule has 0 aromatic heterocycles. The van der Waals surface area contributed by atoms with Crippen LogP contribution in [0.2, 0.25) is 0 Å². The zero-order chi connectivity index (χ0) is 13.8. The summed E-state index contributed by atoms with van der Waals surface area (Å²) in [6, 6.07) is 6.10. The van der Waals surface area contributed by atoms with Gasteiger partial charge in [-0.15, -0.1) is 0 Å². The van der Waals surface area contributed by atoms with E-state index in [1.807, 2.05) is 30.0 Å². The number of hydrazine groups is 1. The molecule has 0 bridgehead atoms. The normalized spacial score (nSPS) is 14.3. The molecule has 0 atom stereocenters. The number of anilines is 1. The van der Waals surface area contributed by atoms with Crippen molar-refractivity contribution in [3.05, 3.63) is 29.3 Å². The van der Waals surface area contributed by atoms with Crippen LogP contribution in [-0.4, -0.2) is 23.4 Å². The first-order chi connectivity index (χ1) is 9.17. The summed E-state index contributed by atoms with van der Waals surface area (Å²) in [6.07, 6.45) is 4.49. The van der Waals surface area contributed by atoms with E-state index in [4.69, 9.17) is 5.84 Å². The fourth-order valence-corrected chi connectivity index (χ4v) is 2.29. The highest BCUT2D eigenvalue weighted by atomic mass is 16.2. The zero-order valence-electron chi connectivity index (χ0n) is 11.8. The number of nitrogens with two attached hydrogens (primary N) is 1. The fraction of sp³-hybridized carbons (Fsp3) is 0.533. The van der Waals surface area contributed by atoms with Gasteiger partial charge in [0.25, 0.3) is 5.91 Å². The molecular weight excluding hydrogens is 238 g/mol. The molecule has 1 fully saturated rings. The van der Waals surface area contributed by atoms with E-state index >= 15 is 0 Å². The molecule has 0 saturated heterocycles. The van der Waals surface area contributed by atoms with E-state index in [-0.39, 0.29) is 5.91 Å². The number of rotatable bonds is 6. The van der Waals surface area contributed by atoms with Crippen molar-refractivity contribution in [1.82, 2.24) is 4.90 Å². The van der Waals surface area contributed by atoms with E-state index < -0.39 is 0 Å². The standard InChI is InChI=1S/C15H23N3O/c1-3-4-9-18(13-6-7-13)15(19)12-5-8-14(17-16)11(2)10-12/h5,8,10,13,17H,3-4,6-7,9,16H2,1-2H3. The number of carbonyl (C=O) groups excluding carboxylic acids is 1. The lowest BCUT2D eigenvalue weighted by Gasteiger charge is -2.22. The lowest BCUT2D eigenvalue weighted by molar-refractivity contribution is 0.0740. The number of carbonyl (C=O) groups is 1. The van der Waals surface area contributed by atoms with Gasteiger partial charge in [0, 0.05) is 18.2 Å². The lowest BCUT2D eigenvalue weighted by atomic mass is 10.1. The number of hydrogen-bond acceptors (Lipinski definition) is 3. The van der Waals surface area contributed by atoms with E-state index in [0.29, 0.717) is 6.04 Å². The maximum atomic E-state index is 12.6. The second-order valence-corrected chi connectivity index (χ2v) is 5.26. The van der Waals surface area contributed by atoms with Gasteiger partial charge in [-0.1, -0.05) is 13.3 Å². The van der Waals surface area contributed by atoms with E-state index in [1.165, 1.54) is 0 Å². The Morgan fingerprint density at radius 2 is 2.21 bits per heavy atom. The molecule has 0 aliphatic heterocycles. The van der Waals surface area contributed by atoms with Crippen LogP contribution in [-0.2, 0) is 0 Å². The quantitative estimate of drug-likeness (QED) is 0.611. The molecule has 1 aromatic carbocycles. The number of benzene rings is 1. The van der Waals surface area contributed by atoms with Crippen LogP contribution in [0.3, 0.4) is 0 Å². The summed E-state index contributed by atoms with van der Waals surface area (Å²) in [4.78, 5) is 14.6. The second-order valence-electron chi connectivity index (χ2n) is 5.26. The SMILES string of the molecule is CCCCN(C(=O)c1ccc(NN)c(C)c1)C1CC1. The van der Waals surface area contributed by atoms with Gasteiger partial charge in [-0.3, -0.25) is 10.6 Å². The van der Waals surface area contributed by atoms with E-state index in [2.05, 4.69) is 12.3 Å². The highest BCUT2D eigenvalue weighted by Crippen LogP contribution is 2.29. The topological polar surface area (TPSA) is 58.4 Å². The first-order valence-electron chi connectivity index (χ1n) is 7.05. The Morgan fingerprint density at radius 1 is 1.47 bits per heavy atom. The summed E-state index contributed by atoms with van der Waals surface area (Å²) >= 11 is 0. The number of unbranched alkanes of at least 4 members (excludes halogenated alkanes) is 1. The minimum absolute atomic E-state index is 0.155. The molecule has 0 radical (unpaired) electrons. The fourth-order valence-electron chi connectivity index (χ4n) is 2.29. The number of aryl methyl sites for hydroxylation is 1. The predicted octanol–water partition coefficient (Wildman–Crippen LogP) is 2.69. The third-order valence-electron chi connectivity index (χ3n) is 3.63. The second kappa shape index (κ2) is 6.06. The minimum atomic E-state index is 0.155. The Kier molecular flexibility index (Phi) is 4.43. The van der Waals surface area contributed by atoms with Crippen molar-refractivity contribution in [3.63, 3.8) is 0 Å². The summed E-state index contributed by atoms with van der Waals surface area (Å²) in [5, 5.41) is 0. The number of nitrogens with one attached hydrogen (secondary N) is 1. The van der Waals surface area contributed by atoms with Crippen LogP contribution in [0.15, 0.2) is 18.2 Å². The van der Waals surface area contributed by atoms with Crippen molar-refractivity contribution in [2.45, 2.75) is 45.6 Å². The molecule has 4 heteroatoms. The summed E-state index contributed by atoms with van der Waals surface area (Å²) in [7, 11) is 0. The first-order valence-corrected chi connectivity index (χ1v) is 7.05. The Balaban J connectivity index is 2.14. The predicted molar refractivity (Wildman–Crippen MR) is 78.0 cm³/mol. The summed E-state index contributed by atoms with van der Waals surface area (Å²) < 4.78 is 0. The van der Waals surface area contributed by atoms with Gasteiger partial charge in [-0.25, -0.2) is 0 Å². The number of nitrogens with zero attached hydrogens (tertiary/aromatic N) is 1. The molecule has 0 spiro atoms. The van der Waals surface area contributed by atoms with E-state index in [0.717, 1.165) is 49.0 Å². The summed E-state index contributed by atoms with van der Waals surface area (Å²) in [5.41, 5.74) is 5.26. The highest BCUT2D eigenvalue weighted by Gasteiger charge is 2.32. The zero-order valence-corrected chi connectivity index (χ0v) is 11.8. The number of nitrogen functional groups attached to an aromatic ring is 1. The molecule has 2 rings (SSSR count). The van der Waals surface area contributed by atoms with Crippen LogP contribution in [0.4, 0.5) is 5.69 Å². The van der Waals surface area contributed by atoms with Crippen LogP contribution >= 0.6 is 0 Å². The molecule has 1 aliphatic rings. The molecule has 3 N–H and O–H groups in total. The van der Waals surface area contributed by atoms with Gasteiger partial charge in [0.15, 0.2) is 0 Å². The van der Waals surface area contributed by atoms with Crippen LogP contribution in [0.1, 0.15) is 48.5 Å². The van der Waals surface area contributed by atoms with Crippen LogP contribution < -0.4 is 11.3 Å². The molecule has 1 amide bonds. The molecule has 104 valence electrons. The molecule has 0 unspecified atom stereocenters. The minimum Gasteiger partial charge on any atom is -0.336 e. The van der Waals surface area contributed by atoms with Gasteiger partial charge in [-0.2, -0.15) is 0 Å². The number of hydrogen-bond donors (Lipinski definition) is 2. The van der Waals surface area contributed by atoms with E-state index in [9.17, 15) is 4.79 Å². The Hall–Kier alpha value is -1.55. The highest BCUT2D eigenvalue weighted by molar-refractivity contribution is 5.95. The number of amides is 1. The van der Waals surface area contributed by atoms with Crippen molar-refractivity contribution in [2.75, 3.05) is 12.0 Å². The maximum Gasteiger partial charge on any atom is 0.254 e. The van der Waals surface area contributed by atoms with Crippen LogP contribution in [0.25, 0.3) is 0 Å². The molecule has 1 aromatic rings. The molecule has 1 saturated carbocycles. The van der Waals surface area contributed by atoms with Gasteiger partial charge in [-0.05, 0) is 49.9 Å².